The van der Waals surface area contributed by atoms with Crippen LogP contribution in [-0.4, -0.2) is 71.5 Å². The second-order valence-corrected chi connectivity index (χ2v) is 4.48. The van der Waals surface area contributed by atoms with Gasteiger partial charge >= 0.3 is 0 Å². The number of hydrogen-bond acceptors (Lipinski definition) is 4. The summed E-state index contributed by atoms with van der Waals surface area (Å²) in [4.78, 5) is 4.46. The lowest BCUT2D eigenvalue weighted by atomic mass is 10.3. The molecule has 4 nitrogen and oxygen atoms in total. The van der Waals surface area contributed by atoms with E-state index in [4.69, 9.17) is 0 Å². The summed E-state index contributed by atoms with van der Waals surface area (Å²) in [6.45, 7) is 13.1. The van der Waals surface area contributed by atoms with E-state index in [1.54, 1.807) is 0 Å². The van der Waals surface area contributed by atoms with Crippen LogP contribution in [0, 0.1) is 0 Å². The van der Waals surface area contributed by atoms with E-state index in [-0.39, 0.29) is 12.2 Å². The number of aliphatic hydroxyl groups is 2. The molecule has 0 aromatic heterocycles. The van der Waals surface area contributed by atoms with Gasteiger partial charge in [0.05, 0.1) is 12.2 Å². The van der Waals surface area contributed by atoms with Crippen LogP contribution in [0.1, 0.15) is 27.7 Å². The molecule has 0 fully saturated rings. The average molecular weight is 232 g/mol. The molecule has 0 saturated carbocycles. The number of likely N-dealkylation sites (N-methyl/N-ethyl adjacent to an activating group) is 2. The van der Waals surface area contributed by atoms with Crippen LogP contribution >= 0.6 is 0 Å². The summed E-state index contributed by atoms with van der Waals surface area (Å²) in [6.07, 6.45) is -0.543. The van der Waals surface area contributed by atoms with Crippen molar-refractivity contribution >= 4 is 0 Å². The fraction of sp³-hybridized carbons (Fsp3) is 1.00. The Morgan fingerprint density at radius 2 is 1.12 bits per heavy atom. The molecule has 0 aliphatic heterocycles. The van der Waals surface area contributed by atoms with Gasteiger partial charge in [-0.15, -0.1) is 0 Å². The predicted molar refractivity (Wildman–Crippen MR) is 67.6 cm³/mol. The first-order valence-electron chi connectivity index (χ1n) is 6.30. The van der Waals surface area contributed by atoms with Gasteiger partial charge in [-0.2, -0.15) is 0 Å². The van der Waals surface area contributed by atoms with Gasteiger partial charge in [0, 0.05) is 26.2 Å². The van der Waals surface area contributed by atoms with Crippen molar-refractivity contribution in [3.63, 3.8) is 0 Å². The van der Waals surface area contributed by atoms with Crippen LogP contribution in [0.3, 0.4) is 0 Å². The Kier molecular flexibility index (Phi) is 8.84. The summed E-state index contributed by atoms with van der Waals surface area (Å²) in [5.41, 5.74) is 0. The zero-order chi connectivity index (χ0) is 12.6. The van der Waals surface area contributed by atoms with Crippen LogP contribution in [0.15, 0.2) is 0 Å². The molecule has 0 saturated heterocycles. The minimum absolute atomic E-state index is 0.271. The smallest absolute Gasteiger partial charge is 0.0639 e. The van der Waals surface area contributed by atoms with Crippen molar-refractivity contribution in [1.82, 2.24) is 9.80 Å². The number of nitrogens with zero attached hydrogens (tertiary/aromatic N) is 2. The summed E-state index contributed by atoms with van der Waals surface area (Å²) in [7, 11) is 0. The van der Waals surface area contributed by atoms with Crippen LogP contribution in [-0.2, 0) is 0 Å². The van der Waals surface area contributed by atoms with Crippen molar-refractivity contribution in [2.75, 3.05) is 39.3 Å². The lowest BCUT2D eigenvalue weighted by molar-refractivity contribution is 0.101. The molecule has 0 aromatic carbocycles. The number of aliphatic hydroxyl groups excluding tert-OH is 2. The Bertz CT molecular complexity index is 145. The Morgan fingerprint density at radius 3 is 1.31 bits per heavy atom. The summed E-state index contributed by atoms with van der Waals surface area (Å²) < 4.78 is 0. The molecular weight excluding hydrogens is 204 g/mol. The first-order chi connectivity index (χ1) is 7.49. The third-order valence-electron chi connectivity index (χ3n) is 2.67. The van der Waals surface area contributed by atoms with Gasteiger partial charge in [0.25, 0.3) is 0 Å². The molecular formula is C12H28N2O2. The first-order valence-corrected chi connectivity index (χ1v) is 6.30. The SMILES string of the molecule is CCN(CCN(CC)CC(C)O)CC(C)O. The zero-order valence-electron chi connectivity index (χ0n) is 11.2. The molecule has 16 heavy (non-hydrogen) atoms. The Balaban J connectivity index is 3.87. The molecule has 2 unspecified atom stereocenters. The van der Waals surface area contributed by atoms with Gasteiger partial charge in [0.2, 0.25) is 0 Å². The van der Waals surface area contributed by atoms with Gasteiger partial charge in [0.1, 0.15) is 0 Å². The second-order valence-electron chi connectivity index (χ2n) is 4.48. The van der Waals surface area contributed by atoms with Crippen molar-refractivity contribution in [2.24, 2.45) is 0 Å². The highest BCUT2D eigenvalue weighted by Gasteiger charge is 2.10. The molecule has 0 aliphatic rings. The van der Waals surface area contributed by atoms with Crippen molar-refractivity contribution in [1.29, 1.82) is 0 Å². The van der Waals surface area contributed by atoms with Crippen molar-refractivity contribution in [3.05, 3.63) is 0 Å². The summed E-state index contributed by atoms with van der Waals surface area (Å²) in [6, 6.07) is 0. The lowest BCUT2D eigenvalue weighted by Crippen LogP contribution is -2.40. The van der Waals surface area contributed by atoms with Gasteiger partial charge < -0.3 is 10.2 Å². The molecule has 0 bridgehead atoms. The maximum Gasteiger partial charge on any atom is 0.0639 e. The lowest BCUT2D eigenvalue weighted by Gasteiger charge is -2.27. The van der Waals surface area contributed by atoms with E-state index in [2.05, 4.69) is 23.6 Å². The van der Waals surface area contributed by atoms with E-state index in [0.29, 0.717) is 0 Å². The number of hydrogen-bond donors (Lipinski definition) is 2. The van der Waals surface area contributed by atoms with Crippen molar-refractivity contribution < 1.29 is 10.2 Å². The third-order valence-corrected chi connectivity index (χ3v) is 2.67. The average Bonchev–Trinajstić information content (AvgIpc) is 2.20. The molecule has 2 N–H and O–H groups in total. The normalized spacial score (nSPS) is 15.8. The highest BCUT2D eigenvalue weighted by molar-refractivity contribution is 4.65. The predicted octanol–water partition coefficient (Wildman–Crippen LogP) is 0.392. The number of rotatable bonds is 9. The molecule has 0 heterocycles. The monoisotopic (exact) mass is 232 g/mol. The molecule has 4 heteroatoms. The molecule has 2 atom stereocenters. The molecule has 0 rings (SSSR count). The van der Waals surface area contributed by atoms with Crippen LogP contribution in [0.2, 0.25) is 0 Å². The maximum absolute atomic E-state index is 9.33. The first kappa shape index (κ1) is 15.8. The van der Waals surface area contributed by atoms with Gasteiger partial charge in [-0.25, -0.2) is 0 Å². The molecule has 0 aliphatic carbocycles. The van der Waals surface area contributed by atoms with E-state index in [1.807, 2.05) is 13.8 Å². The van der Waals surface area contributed by atoms with E-state index in [0.717, 1.165) is 39.3 Å². The molecule has 0 amide bonds. The topological polar surface area (TPSA) is 46.9 Å². The largest absolute Gasteiger partial charge is 0.392 e. The minimum atomic E-state index is -0.271. The zero-order valence-corrected chi connectivity index (χ0v) is 11.2. The standard InChI is InChI=1S/C12H28N2O2/c1-5-13(9-11(3)15)7-8-14(6-2)10-12(4)16/h11-12,15-16H,5-10H2,1-4H3. The quantitative estimate of drug-likeness (QED) is 0.604. The summed E-state index contributed by atoms with van der Waals surface area (Å²) in [5, 5.41) is 18.7. The van der Waals surface area contributed by atoms with Crippen LogP contribution in [0.5, 0.6) is 0 Å². The maximum atomic E-state index is 9.33. The molecule has 0 spiro atoms. The Hall–Kier alpha value is -0.160. The Labute approximate surface area is 99.9 Å². The third kappa shape index (κ3) is 8.05. The van der Waals surface area contributed by atoms with Crippen LogP contribution in [0.4, 0.5) is 0 Å². The fourth-order valence-electron chi connectivity index (χ4n) is 1.79. The van der Waals surface area contributed by atoms with E-state index < -0.39 is 0 Å². The molecule has 0 aromatic rings. The van der Waals surface area contributed by atoms with Gasteiger partial charge in [-0.1, -0.05) is 13.8 Å². The molecule has 98 valence electrons. The van der Waals surface area contributed by atoms with Crippen LogP contribution < -0.4 is 0 Å². The Morgan fingerprint density at radius 1 is 0.812 bits per heavy atom. The summed E-state index contributed by atoms with van der Waals surface area (Å²) >= 11 is 0. The van der Waals surface area contributed by atoms with Crippen LogP contribution in [0.25, 0.3) is 0 Å². The highest BCUT2D eigenvalue weighted by Crippen LogP contribution is 1.96. The highest BCUT2D eigenvalue weighted by atomic mass is 16.3. The van der Waals surface area contributed by atoms with E-state index in [1.165, 1.54) is 0 Å². The van der Waals surface area contributed by atoms with Crippen molar-refractivity contribution in [2.45, 2.75) is 39.9 Å². The van der Waals surface area contributed by atoms with Crippen molar-refractivity contribution in [3.8, 4) is 0 Å². The van der Waals surface area contributed by atoms with Gasteiger partial charge in [0.15, 0.2) is 0 Å². The van der Waals surface area contributed by atoms with E-state index >= 15 is 0 Å². The minimum Gasteiger partial charge on any atom is -0.392 e. The van der Waals surface area contributed by atoms with E-state index in [9.17, 15) is 10.2 Å². The van der Waals surface area contributed by atoms with Gasteiger partial charge in [-0.3, -0.25) is 9.80 Å². The second kappa shape index (κ2) is 8.93. The summed E-state index contributed by atoms with van der Waals surface area (Å²) in [5.74, 6) is 0. The van der Waals surface area contributed by atoms with Gasteiger partial charge in [-0.05, 0) is 26.9 Å². The fourth-order valence-corrected chi connectivity index (χ4v) is 1.79. The molecule has 0 radical (unpaired) electrons.